The first-order valence-corrected chi connectivity index (χ1v) is 13.0. The van der Waals surface area contributed by atoms with Crippen molar-refractivity contribution in [2.45, 2.75) is 4.90 Å². The summed E-state index contributed by atoms with van der Waals surface area (Å²) in [6, 6.07) is 28.6. The summed E-state index contributed by atoms with van der Waals surface area (Å²) in [6.07, 6.45) is 0. The van der Waals surface area contributed by atoms with Gasteiger partial charge in [-0.25, -0.2) is 9.59 Å². The molecule has 0 saturated heterocycles. The summed E-state index contributed by atoms with van der Waals surface area (Å²) in [6.45, 7) is 0. The van der Waals surface area contributed by atoms with Crippen LogP contribution in [0.1, 0.15) is 10.4 Å². The number of hydrogen-bond donors (Lipinski definition) is 2. The topological polar surface area (TPSA) is 111 Å². The van der Waals surface area contributed by atoms with Crippen molar-refractivity contribution in [2.75, 3.05) is 17.7 Å². The van der Waals surface area contributed by atoms with Gasteiger partial charge in [0.1, 0.15) is 10.5 Å². The molecular weight excluding hydrogens is 504 g/mol. The quantitative estimate of drug-likeness (QED) is 0.202. The van der Waals surface area contributed by atoms with Crippen molar-refractivity contribution in [3.8, 4) is 5.75 Å². The third-order valence-electron chi connectivity index (χ3n) is 5.86. The van der Waals surface area contributed by atoms with E-state index in [0.29, 0.717) is 5.69 Å². The maximum atomic E-state index is 13.0. The molecule has 5 aromatic carbocycles. The van der Waals surface area contributed by atoms with E-state index in [-0.39, 0.29) is 21.9 Å². The summed E-state index contributed by atoms with van der Waals surface area (Å²) in [7, 11) is -3.11. The predicted octanol–water partition coefficient (Wildman–Crippen LogP) is 6.19. The number of anilines is 2. The Balaban J connectivity index is 1.37. The summed E-state index contributed by atoms with van der Waals surface area (Å²) in [5, 5.41) is 8.98. The van der Waals surface area contributed by atoms with Crippen molar-refractivity contribution in [2.24, 2.45) is 0 Å². The van der Waals surface area contributed by atoms with Crippen LogP contribution in [0.25, 0.3) is 21.5 Å². The molecular formula is C29H22N2O6S. The Morgan fingerprint density at radius 1 is 0.658 bits per heavy atom. The lowest BCUT2D eigenvalue weighted by atomic mass is 10.1. The summed E-state index contributed by atoms with van der Waals surface area (Å²) < 4.78 is 36.2. The monoisotopic (exact) mass is 526 g/mol. The van der Waals surface area contributed by atoms with E-state index in [0.717, 1.165) is 28.7 Å². The van der Waals surface area contributed by atoms with Crippen LogP contribution < -0.4 is 14.8 Å². The fourth-order valence-electron chi connectivity index (χ4n) is 4.00. The van der Waals surface area contributed by atoms with Crippen LogP contribution in [-0.2, 0) is 14.9 Å². The molecule has 0 spiro atoms. The van der Waals surface area contributed by atoms with Crippen LogP contribution in [-0.4, -0.2) is 27.5 Å². The molecule has 0 aromatic heterocycles. The van der Waals surface area contributed by atoms with Gasteiger partial charge in [-0.15, -0.1) is 0 Å². The van der Waals surface area contributed by atoms with E-state index in [1.165, 1.54) is 30.3 Å². The van der Waals surface area contributed by atoms with Crippen LogP contribution in [0.3, 0.4) is 0 Å². The number of rotatable bonds is 6. The summed E-state index contributed by atoms with van der Waals surface area (Å²) in [5.41, 5.74) is 0.648. The fraction of sp³-hybridized carbons (Fsp3) is 0.0345. The van der Waals surface area contributed by atoms with Gasteiger partial charge in [0.2, 0.25) is 0 Å². The molecule has 0 bridgehead atoms. The lowest BCUT2D eigenvalue weighted by Gasteiger charge is -2.13. The second-order valence-electron chi connectivity index (χ2n) is 8.39. The van der Waals surface area contributed by atoms with Gasteiger partial charge in [0.25, 0.3) is 0 Å². The van der Waals surface area contributed by atoms with Crippen molar-refractivity contribution < 1.29 is 26.9 Å². The summed E-state index contributed by atoms with van der Waals surface area (Å²) in [5.74, 6) is -1.06. The highest BCUT2D eigenvalue weighted by atomic mass is 32.2. The number of ether oxygens (including phenoxy) is 1. The molecule has 0 unspecified atom stereocenters. The first kappa shape index (κ1) is 24.8. The van der Waals surface area contributed by atoms with Crippen LogP contribution in [0, 0.1) is 0 Å². The molecule has 2 amide bonds. The van der Waals surface area contributed by atoms with E-state index in [9.17, 15) is 18.0 Å². The molecule has 0 saturated carbocycles. The molecule has 0 aliphatic rings. The van der Waals surface area contributed by atoms with Gasteiger partial charge in [0.05, 0.1) is 7.11 Å². The van der Waals surface area contributed by atoms with Gasteiger partial charge in [-0.2, -0.15) is 8.42 Å². The van der Waals surface area contributed by atoms with E-state index in [1.54, 1.807) is 24.3 Å². The van der Waals surface area contributed by atoms with E-state index < -0.39 is 22.1 Å². The van der Waals surface area contributed by atoms with Crippen LogP contribution in [0.4, 0.5) is 16.2 Å². The normalized spacial score (nSPS) is 11.2. The van der Waals surface area contributed by atoms with Crippen molar-refractivity contribution >= 4 is 55.0 Å². The number of fused-ring (bicyclic) bond motifs is 2. The van der Waals surface area contributed by atoms with E-state index in [4.69, 9.17) is 8.92 Å². The van der Waals surface area contributed by atoms with E-state index in [2.05, 4.69) is 10.6 Å². The Labute approximate surface area is 218 Å². The van der Waals surface area contributed by atoms with Crippen LogP contribution in [0.2, 0.25) is 0 Å². The SMILES string of the molecule is COC(=O)c1cc(NC(=O)Nc2ccc3ccccc3c2)ccc1OS(=O)(=O)c1ccc2ccccc2c1. The van der Waals surface area contributed by atoms with E-state index in [1.807, 2.05) is 48.5 Å². The minimum absolute atomic E-state index is 0.0658. The molecule has 0 aliphatic carbocycles. The minimum Gasteiger partial charge on any atom is -0.465 e. The zero-order valence-electron chi connectivity index (χ0n) is 20.2. The molecule has 5 aromatic rings. The molecule has 0 heterocycles. The maximum absolute atomic E-state index is 13.0. The Morgan fingerprint density at radius 3 is 1.87 bits per heavy atom. The number of amides is 2. The molecule has 38 heavy (non-hydrogen) atoms. The first-order valence-electron chi connectivity index (χ1n) is 11.5. The number of carbonyl (C=O) groups excluding carboxylic acids is 2. The molecule has 190 valence electrons. The summed E-state index contributed by atoms with van der Waals surface area (Å²) in [4.78, 5) is 25.0. The Bertz CT molecular complexity index is 1800. The second kappa shape index (κ2) is 10.2. The summed E-state index contributed by atoms with van der Waals surface area (Å²) >= 11 is 0. The molecule has 0 radical (unpaired) electrons. The molecule has 0 fully saturated rings. The zero-order valence-corrected chi connectivity index (χ0v) is 21.0. The Kier molecular flexibility index (Phi) is 6.68. The number of esters is 1. The number of nitrogens with one attached hydrogen (secondary N) is 2. The van der Waals surface area contributed by atoms with Gasteiger partial charge in [0.15, 0.2) is 5.75 Å². The van der Waals surface area contributed by atoms with E-state index >= 15 is 0 Å². The standard InChI is InChI=1S/C29H22N2O6S/c1-36-28(32)26-18-24(31-29(33)30-23-12-10-19-6-2-4-8-21(19)16-23)13-15-27(26)37-38(34,35)25-14-11-20-7-3-5-9-22(20)17-25/h2-18H,1H3,(H2,30,31,33). The van der Waals surface area contributed by atoms with Crippen LogP contribution in [0.15, 0.2) is 108 Å². The Morgan fingerprint density at radius 2 is 1.21 bits per heavy atom. The molecule has 8 nitrogen and oxygen atoms in total. The van der Waals surface area contributed by atoms with Gasteiger partial charge in [-0.3, -0.25) is 0 Å². The second-order valence-corrected chi connectivity index (χ2v) is 9.94. The van der Waals surface area contributed by atoms with Crippen LogP contribution >= 0.6 is 0 Å². The average Bonchev–Trinajstić information content (AvgIpc) is 2.93. The van der Waals surface area contributed by atoms with Gasteiger partial charge in [0, 0.05) is 11.4 Å². The van der Waals surface area contributed by atoms with Gasteiger partial charge in [-0.1, -0.05) is 60.7 Å². The molecule has 2 N–H and O–H groups in total. The third kappa shape index (κ3) is 5.28. The largest absolute Gasteiger partial charge is 0.465 e. The van der Waals surface area contributed by atoms with Gasteiger partial charge in [-0.05, 0) is 64.0 Å². The van der Waals surface area contributed by atoms with Gasteiger partial charge < -0.3 is 19.6 Å². The number of benzene rings is 5. The molecule has 0 aliphatic heterocycles. The fourth-order valence-corrected chi connectivity index (χ4v) is 4.98. The van der Waals surface area contributed by atoms with Crippen molar-refractivity contribution in [1.82, 2.24) is 0 Å². The van der Waals surface area contributed by atoms with Crippen molar-refractivity contribution in [1.29, 1.82) is 0 Å². The molecule has 5 rings (SSSR count). The number of urea groups is 1. The Hall–Kier alpha value is -4.89. The smallest absolute Gasteiger partial charge is 0.341 e. The van der Waals surface area contributed by atoms with Gasteiger partial charge >= 0.3 is 22.1 Å². The van der Waals surface area contributed by atoms with Crippen molar-refractivity contribution in [3.63, 3.8) is 0 Å². The lowest BCUT2D eigenvalue weighted by Crippen LogP contribution is -2.20. The van der Waals surface area contributed by atoms with Crippen LogP contribution in [0.5, 0.6) is 5.75 Å². The highest BCUT2D eigenvalue weighted by molar-refractivity contribution is 7.87. The molecule has 9 heteroatoms. The maximum Gasteiger partial charge on any atom is 0.341 e. The number of carbonyl (C=O) groups is 2. The highest BCUT2D eigenvalue weighted by Crippen LogP contribution is 2.28. The minimum atomic E-state index is -4.27. The number of methoxy groups -OCH3 is 1. The highest BCUT2D eigenvalue weighted by Gasteiger charge is 2.23. The van der Waals surface area contributed by atoms with Crippen molar-refractivity contribution in [3.05, 3.63) is 109 Å². The third-order valence-corrected chi connectivity index (χ3v) is 7.09. The predicted molar refractivity (Wildman–Crippen MR) is 146 cm³/mol. The molecule has 0 atom stereocenters. The average molecular weight is 527 g/mol. The lowest BCUT2D eigenvalue weighted by molar-refractivity contribution is 0.0599. The number of hydrogen-bond acceptors (Lipinski definition) is 6. The first-order chi connectivity index (χ1) is 18.3. The zero-order chi connectivity index (χ0) is 26.7.